The molecule has 2 aromatic rings. The van der Waals surface area contributed by atoms with Crippen molar-refractivity contribution in [1.82, 2.24) is 9.88 Å². The van der Waals surface area contributed by atoms with Crippen LogP contribution in [0.4, 0.5) is 5.69 Å². The van der Waals surface area contributed by atoms with E-state index in [2.05, 4.69) is 17.2 Å². The molecule has 1 aliphatic heterocycles. The van der Waals surface area contributed by atoms with Gasteiger partial charge in [-0.25, -0.2) is 0 Å². The molecule has 0 spiro atoms. The van der Waals surface area contributed by atoms with E-state index in [1.54, 1.807) is 12.4 Å². The Morgan fingerprint density at radius 1 is 1.09 bits per heavy atom. The van der Waals surface area contributed by atoms with Gasteiger partial charge in [-0.2, -0.15) is 0 Å². The Hall–Kier alpha value is -2.73. The van der Waals surface area contributed by atoms with Gasteiger partial charge in [-0.05, 0) is 72.4 Å². The number of hydrogen-bond donors (Lipinski definition) is 2. The van der Waals surface area contributed by atoms with E-state index in [0.29, 0.717) is 6.42 Å². The summed E-state index contributed by atoms with van der Waals surface area (Å²) in [6.07, 6.45) is 10.4. The average Bonchev–Trinajstić information content (AvgIpc) is 3.35. The number of anilines is 1. The summed E-state index contributed by atoms with van der Waals surface area (Å²) in [4.78, 5) is 31.5. The Morgan fingerprint density at radius 3 is 2.47 bits per heavy atom. The quantitative estimate of drug-likeness (QED) is 0.719. The van der Waals surface area contributed by atoms with Crippen LogP contribution in [0.3, 0.4) is 0 Å². The summed E-state index contributed by atoms with van der Waals surface area (Å²) in [6, 6.07) is 9.22. The van der Waals surface area contributed by atoms with Gasteiger partial charge in [0.05, 0.1) is 12.5 Å². The highest BCUT2D eigenvalue weighted by molar-refractivity contribution is 5.95. The molecule has 1 aromatic carbocycles. The second-order valence-electron chi connectivity index (χ2n) is 9.41. The van der Waals surface area contributed by atoms with E-state index in [0.717, 1.165) is 79.9 Å². The third-order valence-corrected chi connectivity index (χ3v) is 7.04. The molecule has 1 aliphatic carbocycles. The van der Waals surface area contributed by atoms with Crippen LogP contribution in [0.1, 0.15) is 51.0 Å². The van der Waals surface area contributed by atoms with Crippen LogP contribution in [0.25, 0.3) is 11.1 Å². The number of carbonyl (C=O) groups is 2. The standard InChI is InChI=1S/C26H34N4O2/c1-18-4-6-20(7-5-18)25(27)26(32)29-22-10-8-19(9-11-22)23-12-13-28-17-21(23)16-24(31)30-14-2-3-15-30/h8-13,17-18,20,25H,2-7,14-16,27H2,1H3,(H,29,32). The first kappa shape index (κ1) is 22.5. The first-order chi connectivity index (χ1) is 15.5. The van der Waals surface area contributed by atoms with Gasteiger partial charge in [-0.1, -0.05) is 31.9 Å². The van der Waals surface area contributed by atoms with Crippen LogP contribution in [-0.4, -0.2) is 40.8 Å². The predicted octanol–water partition coefficient (Wildman–Crippen LogP) is 4.01. The Kier molecular flexibility index (Phi) is 7.20. The fraction of sp³-hybridized carbons (Fsp3) is 0.500. The van der Waals surface area contributed by atoms with E-state index in [1.165, 1.54) is 0 Å². The van der Waals surface area contributed by atoms with E-state index >= 15 is 0 Å². The summed E-state index contributed by atoms with van der Waals surface area (Å²) in [5, 5.41) is 2.98. The number of benzene rings is 1. The Bertz CT molecular complexity index is 929. The van der Waals surface area contributed by atoms with Crippen LogP contribution >= 0.6 is 0 Å². The zero-order chi connectivity index (χ0) is 22.5. The fourth-order valence-corrected chi connectivity index (χ4v) is 4.91. The van der Waals surface area contributed by atoms with Gasteiger partial charge < -0.3 is 16.0 Å². The molecule has 6 nitrogen and oxygen atoms in total. The molecule has 1 unspecified atom stereocenters. The number of likely N-dealkylation sites (tertiary alicyclic amines) is 1. The highest BCUT2D eigenvalue weighted by Crippen LogP contribution is 2.30. The van der Waals surface area contributed by atoms with Gasteiger partial charge in [0, 0.05) is 31.2 Å². The molecule has 1 atom stereocenters. The maximum atomic E-state index is 12.7. The lowest BCUT2D eigenvalue weighted by Crippen LogP contribution is -2.43. The van der Waals surface area contributed by atoms with Crippen LogP contribution in [-0.2, 0) is 16.0 Å². The van der Waals surface area contributed by atoms with Crippen molar-refractivity contribution in [3.05, 3.63) is 48.3 Å². The van der Waals surface area contributed by atoms with Gasteiger partial charge in [0.2, 0.25) is 11.8 Å². The number of carbonyl (C=O) groups excluding carboxylic acids is 2. The molecular weight excluding hydrogens is 400 g/mol. The molecule has 2 heterocycles. The molecule has 0 bridgehead atoms. The van der Waals surface area contributed by atoms with Crippen molar-refractivity contribution >= 4 is 17.5 Å². The van der Waals surface area contributed by atoms with Crippen LogP contribution in [0.15, 0.2) is 42.7 Å². The smallest absolute Gasteiger partial charge is 0.241 e. The fourth-order valence-electron chi connectivity index (χ4n) is 4.91. The molecule has 4 rings (SSSR count). The lowest BCUT2D eigenvalue weighted by Gasteiger charge is -2.29. The molecule has 2 aliphatic rings. The number of pyridine rings is 1. The van der Waals surface area contributed by atoms with Crippen LogP contribution in [0.5, 0.6) is 0 Å². The summed E-state index contributed by atoms with van der Waals surface area (Å²) in [6.45, 7) is 3.97. The van der Waals surface area contributed by atoms with Gasteiger partial charge in [-0.3, -0.25) is 14.6 Å². The van der Waals surface area contributed by atoms with Crippen molar-refractivity contribution in [1.29, 1.82) is 0 Å². The molecule has 2 amide bonds. The summed E-state index contributed by atoms with van der Waals surface area (Å²) < 4.78 is 0. The minimum atomic E-state index is -0.467. The zero-order valence-corrected chi connectivity index (χ0v) is 18.9. The number of nitrogens with one attached hydrogen (secondary N) is 1. The Balaban J connectivity index is 1.40. The molecular formula is C26H34N4O2. The zero-order valence-electron chi connectivity index (χ0n) is 18.9. The summed E-state index contributed by atoms with van der Waals surface area (Å²) in [5.74, 6) is 1.04. The van der Waals surface area contributed by atoms with Crippen molar-refractivity contribution < 1.29 is 9.59 Å². The maximum Gasteiger partial charge on any atom is 0.241 e. The number of nitrogens with zero attached hydrogens (tertiary/aromatic N) is 2. The monoisotopic (exact) mass is 434 g/mol. The number of nitrogens with two attached hydrogens (primary N) is 1. The van der Waals surface area contributed by atoms with Gasteiger partial charge >= 0.3 is 0 Å². The highest BCUT2D eigenvalue weighted by atomic mass is 16.2. The van der Waals surface area contributed by atoms with Crippen molar-refractivity contribution in [2.75, 3.05) is 18.4 Å². The normalized spacial score (nSPS) is 21.9. The van der Waals surface area contributed by atoms with Gasteiger partial charge in [0.1, 0.15) is 0 Å². The number of amides is 2. The lowest BCUT2D eigenvalue weighted by molar-refractivity contribution is -0.129. The molecule has 0 radical (unpaired) electrons. The van der Waals surface area contributed by atoms with Gasteiger partial charge in [0.25, 0.3) is 0 Å². The van der Waals surface area contributed by atoms with Crippen molar-refractivity contribution in [2.45, 2.75) is 57.9 Å². The van der Waals surface area contributed by atoms with Gasteiger partial charge in [0.15, 0.2) is 0 Å². The molecule has 6 heteroatoms. The third-order valence-electron chi connectivity index (χ3n) is 7.04. The van der Waals surface area contributed by atoms with E-state index < -0.39 is 6.04 Å². The first-order valence-corrected chi connectivity index (χ1v) is 11.9. The lowest BCUT2D eigenvalue weighted by atomic mass is 9.79. The minimum absolute atomic E-state index is 0.113. The second kappa shape index (κ2) is 10.3. The molecule has 1 aromatic heterocycles. The molecule has 32 heavy (non-hydrogen) atoms. The highest BCUT2D eigenvalue weighted by Gasteiger charge is 2.28. The topological polar surface area (TPSA) is 88.3 Å². The van der Waals surface area contributed by atoms with Crippen molar-refractivity contribution in [3.63, 3.8) is 0 Å². The van der Waals surface area contributed by atoms with Crippen molar-refractivity contribution in [2.24, 2.45) is 17.6 Å². The van der Waals surface area contributed by atoms with Crippen molar-refractivity contribution in [3.8, 4) is 11.1 Å². The minimum Gasteiger partial charge on any atom is -0.342 e. The summed E-state index contributed by atoms with van der Waals surface area (Å²) in [5.41, 5.74) is 9.93. The van der Waals surface area contributed by atoms with E-state index in [9.17, 15) is 9.59 Å². The van der Waals surface area contributed by atoms with Gasteiger partial charge in [-0.15, -0.1) is 0 Å². The Morgan fingerprint density at radius 2 is 1.78 bits per heavy atom. The van der Waals surface area contributed by atoms with Crippen LogP contribution in [0, 0.1) is 11.8 Å². The first-order valence-electron chi connectivity index (χ1n) is 11.9. The van der Waals surface area contributed by atoms with E-state index in [4.69, 9.17) is 5.73 Å². The molecule has 3 N–H and O–H groups in total. The van der Waals surface area contributed by atoms with E-state index in [-0.39, 0.29) is 17.7 Å². The largest absolute Gasteiger partial charge is 0.342 e. The second-order valence-corrected chi connectivity index (χ2v) is 9.41. The Labute approximate surface area is 190 Å². The maximum absolute atomic E-state index is 12.7. The van der Waals surface area contributed by atoms with Crippen LogP contribution in [0.2, 0.25) is 0 Å². The molecule has 1 saturated heterocycles. The predicted molar refractivity (Wildman–Crippen MR) is 127 cm³/mol. The number of rotatable bonds is 6. The summed E-state index contributed by atoms with van der Waals surface area (Å²) >= 11 is 0. The third kappa shape index (κ3) is 5.36. The SMILES string of the molecule is CC1CCC(C(N)C(=O)Nc2ccc(-c3ccncc3CC(=O)N3CCCC3)cc2)CC1. The number of aromatic nitrogens is 1. The molecule has 170 valence electrons. The average molecular weight is 435 g/mol. The number of hydrogen-bond acceptors (Lipinski definition) is 4. The van der Waals surface area contributed by atoms with E-state index in [1.807, 2.05) is 35.2 Å². The summed E-state index contributed by atoms with van der Waals surface area (Å²) in [7, 11) is 0. The molecule has 1 saturated carbocycles. The van der Waals surface area contributed by atoms with Crippen LogP contribution < -0.4 is 11.1 Å². The molecule has 2 fully saturated rings.